The fourth-order valence-electron chi connectivity index (χ4n) is 7.25. The molecule has 3 N–H and O–H groups in total. The molecule has 0 amide bonds. The molecule has 27 heavy (non-hydrogen) atoms. The summed E-state index contributed by atoms with van der Waals surface area (Å²) in [7, 11) is 0. The summed E-state index contributed by atoms with van der Waals surface area (Å²) in [5.41, 5.74) is -3.23. The molecule has 3 saturated carbocycles. The van der Waals surface area contributed by atoms with E-state index in [1.807, 2.05) is 13.8 Å². The van der Waals surface area contributed by atoms with E-state index in [1.165, 1.54) is 6.08 Å². The monoisotopic (exact) mass is 376 g/mol. The summed E-state index contributed by atoms with van der Waals surface area (Å²) in [4.78, 5) is 37.5. The lowest BCUT2D eigenvalue weighted by atomic mass is 9.50. The Kier molecular flexibility index (Phi) is 4.09. The summed E-state index contributed by atoms with van der Waals surface area (Å²) in [6, 6.07) is 0. The largest absolute Gasteiger partial charge is 0.393 e. The SMILES string of the molecule is C[C@]12C=CC(=O)C1C(=O)CC[C@@H]1[C@@H]2[C@@H](O)C[C@@]2(C)[C@H]1CC[C@]2(O)C(=O)CO. The van der Waals surface area contributed by atoms with Crippen LogP contribution in [0.1, 0.15) is 46.0 Å². The van der Waals surface area contributed by atoms with Crippen LogP contribution in [0, 0.1) is 34.5 Å². The maximum Gasteiger partial charge on any atom is 0.190 e. The Hall–Kier alpha value is -1.37. The summed E-state index contributed by atoms with van der Waals surface area (Å²) < 4.78 is 0. The lowest BCUT2D eigenvalue weighted by Gasteiger charge is -2.56. The smallest absolute Gasteiger partial charge is 0.190 e. The van der Waals surface area contributed by atoms with Gasteiger partial charge in [-0.25, -0.2) is 0 Å². The van der Waals surface area contributed by atoms with Gasteiger partial charge in [0.2, 0.25) is 0 Å². The van der Waals surface area contributed by atoms with Crippen molar-refractivity contribution in [2.75, 3.05) is 6.61 Å². The number of aliphatic hydroxyl groups is 3. The molecule has 148 valence electrons. The minimum absolute atomic E-state index is 0.0427. The fourth-order valence-corrected chi connectivity index (χ4v) is 7.25. The number of Topliss-reactive ketones (excluding diaryl/α,β-unsaturated/α-hetero) is 2. The molecule has 4 rings (SSSR count). The molecule has 0 saturated heterocycles. The third-order valence-electron chi connectivity index (χ3n) is 8.49. The number of hydrogen-bond donors (Lipinski definition) is 3. The van der Waals surface area contributed by atoms with Crippen LogP contribution in [0.15, 0.2) is 12.2 Å². The molecule has 0 spiro atoms. The minimum Gasteiger partial charge on any atom is -0.393 e. The highest BCUT2D eigenvalue weighted by atomic mass is 16.3. The van der Waals surface area contributed by atoms with E-state index >= 15 is 0 Å². The molecule has 0 bridgehead atoms. The average molecular weight is 376 g/mol. The Bertz CT molecular complexity index is 743. The van der Waals surface area contributed by atoms with Crippen LogP contribution >= 0.6 is 0 Å². The lowest BCUT2D eigenvalue weighted by Crippen LogP contribution is -2.60. The molecule has 6 heteroatoms. The van der Waals surface area contributed by atoms with Crippen molar-refractivity contribution in [2.24, 2.45) is 34.5 Å². The summed E-state index contributed by atoms with van der Waals surface area (Å²) >= 11 is 0. The second kappa shape index (κ2) is 5.82. The number of allylic oxidation sites excluding steroid dienone is 2. The highest BCUT2D eigenvalue weighted by Crippen LogP contribution is 2.66. The third kappa shape index (κ3) is 2.21. The van der Waals surface area contributed by atoms with E-state index < -0.39 is 40.8 Å². The van der Waals surface area contributed by atoms with Crippen molar-refractivity contribution < 1.29 is 29.7 Å². The molecule has 0 aromatic carbocycles. The van der Waals surface area contributed by atoms with Gasteiger partial charge in [0.1, 0.15) is 18.0 Å². The van der Waals surface area contributed by atoms with Gasteiger partial charge in [0.15, 0.2) is 11.6 Å². The van der Waals surface area contributed by atoms with Crippen LogP contribution < -0.4 is 0 Å². The number of carbonyl (C=O) groups is 3. The number of carbonyl (C=O) groups excluding carboxylic acids is 3. The highest BCUT2D eigenvalue weighted by molar-refractivity contribution is 6.10. The molecule has 0 heterocycles. The van der Waals surface area contributed by atoms with Crippen LogP contribution in [-0.2, 0) is 14.4 Å². The van der Waals surface area contributed by atoms with E-state index in [-0.39, 0.29) is 48.6 Å². The maximum absolute atomic E-state index is 12.7. The topological polar surface area (TPSA) is 112 Å². The first-order valence-corrected chi connectivity index (χ1v) is 9.90. The normalized spacial score (nSPS) is 51.5. The van der Waals surface area contributed by atoms with E-state index in [0.29, 0.717) is 12.8 Å². The highest BCUT2D eigenvalue weighted by Gasteiger charge is 2.69. The van der Waals surface area contributed by atoms with E-state index in [1.54, 1.807) is 6.08 Å². The van der Waals surface area contributed by atoms with Gasteiger partial charge in [0.25, 0.3) is 0 Å². The molecule has 0 radical (unpaired) electrons. The van der Waals surface area contributed by atoms with Crippen molar-refractivity contribution in [3.05, 3.63) is 12.2 Å². The predicted molar refractivity (Wildman–Crippen MR) is 95.5 cm³/mol. The zero-order chi connectivity index (χ0) is 19.8. The molecule has 3 fully saturated rings. The van der Waals surface area contributed by atoms with Crippen molar-refractivity contribution in [2.45, 2.75) is 57.7 Å². The van der Waals surface area contributed by atoms with Gasteiger partial charge in [-0.1, -0.05) is 19.9 Å². The number of rotatable bonds is 2. The molecular weight excluding hydrogens is 348 g/mol. The summed E-state index contributed by atoms with van der Waals surface area (Å²) in [6.07, 6.45) is 4.36. The van der Waals surface area contributed by atoms with Crippen molar-refractivity contribution in [3.63, 3.8) is 0 Å². The first-order chi connectivity index (χ1) is 12.6. The zero-order valence-corrected chi connectivity index (χ0v) is 15.9. The van der Waals surface area contributed by atoms with Crippen LogP contribution in [0.4, 0.5) is 0 Å². The third-order valence-corrected chi connectivity index (χ3v) is 8.49. The Morgan fingerprint density at radius 2 is 1.96 bits per heavy atom. The van der Waals surface area contributed by atoms with Gasteiger partial charge in [0, 0.05) is 17.3 Å². The second-order valence-electron chi connectivity index (χ2n) is 9.51. The first-order valence-electron chi connectivity index (χ1n) is 9.90. The summed E-state index contributed by atoms with van der Waals surface area (Å²) in [6.45, 7) is 3.00. The van der Waals surface area contributed by atoms with Crippen molar-refractivity contribution in [1.29, 1.82) is 0 Å². The molecular formula is C21H28O6. The molecule has 8 atom stereocenters. The van der Waals surface area contributed by atoms with Crippen LogP contribution in [0.3, 0.4) is 0 Å². The first kappa shape index (κ1) is 19.0. The Balaban J connectivity index is 1.79. The lowest BCUT2D eigenvalue weighted by molar-refractivity contribution is -0.178. The summed E-state index contributed by atoms with van der Waals surface area (Å²) in [5.74, 6) is -1.94. The van der Waals surface area contributed by atoms with Gasteiger partial charge >= 0.3 is 0 Å². The van der Waals surface area contributed by atoms with E-state index in [0.717, 1.165) is 0 Å². The van der Waals surface area contributed by atoms with Crippen molar-refractivity contribution >= 4 is 17.3 Å². The van der Waals surface area contributed by atoms with E-state index in [2.05, 4.69) is 0 Å². The van der Waals surface area contributed by atoms with Crippen LogP contribution in [0.25, 0.3) is 0 Å². The van der Waals surface area contributed by atoms with Crippen LogP contribution in [0.2, 0.25) is 0 Å². The van der Waals surface area contributed by atoms with Crippen LogP contribution in [0.5, 0.6) is 0 Å². The molecule has 0 aromatic heterocycles. The molecule has 4 aliphatic rings. The van der Waals surface area contributed by atoms with Gasteiger partial charge in [-0.05, 0) is 49.5 Å². The van der Waals surface area contributed by atoms with Gasteiger partial charge < -0.3 is 15.3 Å². The molecule has 1 unspecified atom stereocenters. The Labute approximate surface area is 158 Å². The van der Waals surface area contributed by atoms with Crippen LogP contribution in [-0.4, -0.2) is 51.0 Å². The van der Waals surface area contributed by atoms with E-state index in [9.17, 15) is 29.7 Å². The van der Waals surface area contributed by atoms with Gasteiger partial charge in [-0.15, -0.1) is 0 Å². The quantitative estimate of drug-likeness (QED) is 0.615. The number of hydrogen-bond acceptors (Lipinski definition) is 6. The zero-order valence-electron chi connectivity index (χ0n) is 15.9. The van der Waals surface area contributed by atoms with Gasteiger partial charge in [-0.3, -0.25) is 14.4 Å². The van der Waals surface area contributed by atoms with Crippen molar-refractivity contribution in [1.82, 2.24) is 0 Å². The second-order valence-corrected chi connectivity index (χ2v) is 9.51. The molecule has 0 aliphatic heterocycles. The summed E-state index contributed by atoms with van der Waals surface area (Å²) in [5, 5.41) is 31.7. The molecule has 6 nitrogen and oxygen atoms in total. The van der Waals surface area contributed by atoms with Gasteiger partial charge in [-0.2, -0.15) is 0 Å². The van der Waals surface area contributed by atoms with E-state index in [4.69, 9.17) is 0 Å². The maximum atomic E-state index is 12.7. The number of ketones is 3. The average Bonchev–Trinajstić information content (AvgIpc) is 3.01. The predicted octanol–water partition coefficient (Wildman–Crippen LogP) is 0.816. The van der Waals surface area contributed by atoms with Crippen molar-refractivity contribution in [3.8, 4) is 0 Å². The molecule has 4 aliphatic carbocycles. The Morgan fingerprint density at radius 3 is 2.63 bits per heavy atom. The minimum atomic E-state index is -1.66. The van der Waals surface area contributed by atoms with Gasteiger partial charge in [0.05, 0.1) is 12.0 Å². The molecule has 0 aromatic rings. The fraction of sp³-hybridized carbons (Fsp3) is 0.762. The standard InChI is InChI=1S/C21H28O6/c1-19-7-6-14(24)18(19)13(23)4-3-11-12-5-8-21(27,16(26)10-22)20(12,2)9-15(25)17(11)19/h6-7,11-12,15,17-18,22,25,27H,3-5,8-10H2,1-2H3/t11-,12-,15-,17+,18?,19+,20-,21-/m0/s1. The number of aliphatic hydroxyl groups excluding tert-OH is 2. The number of fused-ring (bicyclic) bond motifs is 5. The Morgan fingerprint density at radius 1 is 1.26 bits per heavy atom.